The number of rotatable bonds is 6. The molecule has 1 fully saturated rings. The summed E-state index contributed by atoms with van der Waals surface area (Å²) < 4.78 is 0. The van der Waals surface area contributed by atoms with Gasteiger partial charge in [0.1, 0.15) is 11.7 Å². The van der Waals surface area contributed by atoms with Crippen molar-refractivity contribution in [2.24, 2.45) is 0 Å². The topological polar surface area (TPSA) is 88.1 Å². The number of pyridine rings is 1. The summed E-state index contributed by atoms with van der Waals surface area (Å²) in [7, 11) is 0. The van der Waals surface area contributed by atoms with Crippen LogP contribution in [0.1, 0.15) is 54.2 Å². The molecular formula is C28H26ClN5O2. The molecule has 2 aromatic carbocycles. The Morgan fingerprint density at radius 3 is 2.47 bits per heavy atom. The van der Waals surface area contributed by atoms with Crippen LogP contribution in [0.5, 0.6) is 0 Å². The highest BCUT2D eigenvalue weighted by Gasteiger charge is 2.35. The van der Waals surface area contributed by atoms with E-state index in [4.69, 9.17) is 11.6 Å². The number of nitrogens with one attached hydrogen (secondary N) is 1. The summed E-state index contributed by atoms with van der Waals surface area (Å²) in [6, 6.07) is 15.6. The summed E-state index contributed by atoms with van der Waals surface area (Å²) in [5.74, 6) is -0.700. The van der Waals surface area contributed by atoms with E-state index < -0.39 is 11.9 Å². The molecule has 2 heterocycles. The maximum Gasteiger partial charge on any atom is 0.279 e. The molecule has 8 heteroatoms. The van der Waals surface area contributed by atoms with Crippen molar-refractivity contribution in [3.63, 3.8) is 0 Å². The molecule has 1 aliphatic carbocycles. The molecule has 1 unspecified atom stereocenters. The summed E-state index contributed by atoms with van der Waals surface area (Å²) in [5, 5.41) is 4.61. The highest BCUT2D eigenvalue weighted by atomic mass is 35.5. The number of fused-ring (bicyclic) bond motifs is 1. The van der Waals surface area contributed by atoms with Gasteiger partial charge in [-0.3, -0.25) is 24.5 Å². The van der Waals surface area contributed by atoms with E-state index >= 15 is 0 Å². The number of benzene rings is 2. The molecule has 1 saturated carbocycles. The lowest BCUT2D eigenvalue weighted by molar-refractivity contribution is -0.123. The third-order valence-electron chi connectivity index (χ3n) is 6.50. The lowest BCUT2D eigenvalue weighted by atomic mass is 9.94. The first-order valence-electron chi connectivity index (χ1n) is 12.1. The van der Waals surface area contributed by atoms with Gasteiger partial charge in [0.25, 0.3) is 5.91 Å². The molecule has 7 nitrogen and oxygen atoms in total. The van der Waals surface area contributed by atoms with Crippen LogP contribution in [0, 0.1) is 0 Å². The number of halogens is 1. The molecule has 5 rings (SSSR count). The summed E-state index contributed by atoms with van der Waals surface area (Å²) in [6.45, 7) is 0. The zero-order chi connectivity index (χ0) is 24.9. The van der Waals surface area contributed by atoms with Crippen LogP contribution < -0.4 is 10.2 Å². The molecule has 0 aliphatic heterocycles. The number of carbonyl (C=O) groups excluding carboxylic acids is 2. The lowest BCUT2D eigenvalue weighted by Gasteiger charge is -2.33. The summed E-state index contributed by atoms with van der Waals surface area (Å²) in [6.07, 6.45) is 11.2. The lowest BCUT2D eigenvalue weighted by Crippen LogP contribution is -2.47. The van der Waals surface area contributed by atoms with Crippen molar-refractivity contribution >= 4 is 40.0 Å². The first kappa shape index (κ1) is 23.9. The molecule has 0 saturated heterocycles. The fourth-order valence-electron chi connectivity index (χ4n) is 4.70. The van der Waals surface area contributed by atoms with Crippen LogP contribution in [0.15, 0.2) is 79.4 Å². The van der Waals surface area contributed by atoms with Gasteiger partial charge in [-0.1, -0.05) is 61.2 Å². The Kier molecular flexibility index (Phi) is 7.18. The van der Waals surface area contributed by atoms with E-state index in [0.29, 0.717) is 16.3 Å². The zero-order valence-corrected chi connectivity index (χ0v) is 20.4. The molecule has 4 aromatic rings. The molecular weight excluding hydrogens is 474 g/mol. The van der Waals surface area contributed by atoms with E-state index in [0.717, 1.165) is 36.6 Å². The minimum Gasteiger partial charge on any atom is -0.351 e. The number of nitrogens with zero attached hydrogens (tertiary/aromatic N) is 4. The van der Waals surface area contributed by atoms with Crippen LogP contribution in [0.4, 0.5) is 5.69 Å². The average molecular weight is 500 g/mol. The largest absolute Gasteiger partial charge is 0.351 e. The van der Waals surface area contributed by atoms with Gasteiger partial charge < -0.3 is 5.32 Å². The normalized spacial score (nSPS) is 14.8. The van der Waals surface area contributed by atoms with Crippen LogP contribution in [-0.4, -0.2) is 32.8 Å². The SMILES string of the molecule is O=C(NC1CCCCC1)C(c1ccc(Cl)cc1)N(C(=O)c1cnccn1)c1cnc2ccccc2c1. The molecule has 36 heavy (non-hydrogen) atoms. The summed E-state index contributed by atoms with van der Waals surface area (Å²) >= 11 is 6.16. The Hall–Kier alpha value is -3.84. The number of para-hydroxylation sites is 1. The molecule has 1 N–H and O–H groups in total. The third kappa shape index (κ3) is 5.21. The smallest absolute Gasteiger partial charge is 0.279 e. The fourth-order valence-corrected chi connectivity index (χ4v) is 4.82. The van der Waals surface area contributed by atoms with Crippen molar-refractivity contribution in [1.82, 2.24) is 20.3 Å². The minimum atomic E-state index is -0.957. The molecule has 1 aliphatic rings. The Labute approximate surface area is 214 Å². The first-order valence-corrected chi connectivity index (χ1v) is 12.5. The standard InChI is InChI=1S/C28H26ClN5O2/c29-21-12-10-19(11-13-21)26(27(35)33-22-7-2-1-3-8-22)34(28(36)25-18-30-14-15-31-25)23-16-20-6-4-5-9-24(20)32-17-23/h4-6,9-18,22,26H,1-3,7-8H2,(H,33,35). The maximum atomic E-state index is 13.9. The molecule has 2 amide bonds. The van der Waals surface area contributed by atoms with Crippen molar-refractivity contribution < 1.29 is 9.59 Å². The predicted molar refractivity (Wildman–Crippen MR) is 140 cm³/mol. The summed E-state index contributed by atoms with van der Waals surface area (Å²) in [4.78, 5) is 42.2. The second-order valence-corrected chi connectivity index (χ2v) is 9.39. The van der Waals surface area contributed by atoms with E-state index in [9.17, 15) is 9.59 Å². The third-order valence-corrected chi connectivity index (χ3v) is 6.75. The molecule has 1 atom stereocenters. The highest BCUT2D eigenvalue weighted by Crippen LogP contribution is 2.32. The van der Waals surface area contributed by atoms with Crippen molar-refractivity contribution in [1.29, 1.82) is 0 Å². The van der Waals surface area contributed by atoms with Gasteiger partial charge in [-0.25, -0.2) is 4.98 Å². The number of amides is 2. The Morgan fingerprint density at radius 1 is 0.944 bits per heavy atom. The number of hydrogen-bond acceptors (Lipinski definition) is 5. The second kappa shape index (κ2) is 10.8. The number of aromatic nitrogens is 3. The fraction of sp³-hybridized carbons (Fsp3) is 0.250. The molecule has 0 radical (unpaired) electrons. The van der Waals surface area contributed by atoms with Crippen LogP contribution in [0.3, 0.4) is 0 Å². The van der Waals surface area contributed by atoms with E-state index in [1.807, 2.05) is 30.3 Å². The maximum absolute atomic E-state index is 13.9. The van der Waals surface area contributed by atoms with Crippen LogP contribution in [0.2, 0.25) is 5.02 Å². The van der Waals surface area contributed by atoms with Crippen molar-refractivity contribution in [3.8, 4) is 0 Å². The predicted octanol–water partition coefficient (Wildman–Crippen LogP) is 5.52. The quantitative estimate of drug-likeness (QED) is 0.377. The van der Waals surface area contributed by atoms with Gasteiger partial charge in [0, 0.05) is 28.8 Å². The average Bonchev–Trinajstić information content (AvgIpc) is 2.93. The van der Waals surface area contributed by atoms with Gasteiger partial charge >= 0.3 is 0 Å². The Bertz CT molecular complexity index is 1360. The second-order valence-electron chi connectivity index (χ2n) is 8.95. The van der Waals surface area contributed by atoms with Gasteiger partial charge in [-0.2, -0.15) is 0 Å². The molecule has 0 spiro atoms. The number of hydrogen-bond donors (Lipinski definition) is 1. The molecule has 0 bridgehead atoms. The van der Waals surface area contributed by atoms with Gasteiger partial charge in [0.15, 0.2) is 0 Å². The van der Waals surface area contributed by atoms with Crippen molar-refractivity contribution in [2.45, 2.75) is 44.2 Å². The van der Waals surface area contributed by atoms with E-state index in [-0.39, 0.29) is 17.6 Å². The Morgan fingerprint density at radius 2 is 1.72 bits per heavy atom. The van der Waals surface area contributed by atoms with Gasteiger partial charge in [0.05, 0.1) is 23.6 Å². The molecule has 2 aromatic heterocycles. The number of anilines is 1. The van der Waals surface area contributed by atoms with Crippen LogP contribution >= 0.6 is 11.6 Å². The zero-order valence-electron chi connectivity index (χ0n) is 19.7. The van der Waals surface area contributed by atoms with Crippen molar-refractivity contribution in [2.75, 3.05) is 4.90 Å². The molecule has 182 valence electrons. The Balaban J connectivity index is 1.63. The minimum absolute atomic E-state index is 0.0734. The van der Waals surface area contributed by atoms with Crippen molar-refractivity contribution in [3.05, 3.63) is 95.7 Å². The van der Waals surface area contributed by atoms with Gasteiger partial charge in [0.2, 0.25) is 5.91 Å². The van der Waals surface area contributed by atoms with Gasteiger partial charge in [-0.15, -0.1) is 0 Å². The monoisotopic (exact) mass is 499 g/mol. The summed E-state index contributed by atoms with van der Waals surface area (Å²) in [5.41, 5.74) is 2.05. The van der Waals surface area contributed by atoms with Gasteiger partial charge in [-0.05, 0) is 42.7 Å². The van der Waals surface area contributed by atoms with Crippen LogP contribution in [0.25, 0.3) is 10.9 Å². The van der Waals surface area contributed by atoms with E-state index in [2.05, 4.69) is 20.3 Å². The number of carbonyl (C=O) groups is 2. The van der Waals surface area contributed by atoms with Crippen LogP contribution in [-0.2, 0) is 4.79 Å². The van der Waals surface area contributed by atoms with E-state index in [1.54, 1.807) is 30.5 Å². The first-order chi connectivity index (χ1) is 17.6. The van der Waals surface area contributed by atoms with E-state index in [1.165, 1.54) is 29.9 Å². The highest BCUT2D eigenvalue weighted by molar-refractivity contribution is 6.30.